The largest absolute Gasteiger partial charge is 0.480 e. The van der Waals surface area contributed by atoms with Gasteiger partial charge in [-0.05, 0) is 24.1 Å². The predicted octanol–water partition coefficient (Wildman–Crippen LogP) is 0.735. The van der Waals surface area contributed by atoms with Crippen LogP contribution in [0.2, 0.25) is 0 Å². The Morgan fingerprint density at radius 3 is 2.72 bits per heavy atom. The molecule has 0 aliphatic heterocycles. The number of rotatable bonds is 6. The van der Waals surface area contributed by atoms with Gasteiger partial charge in [0.2, 0.25) is 10.0 Å². The van der Waals surface area contributed by atoms with E-state index in [1.165, 1.54) is 0 Å². The number of carboxylic acids is 1. The van der Waals surface area contributed by atoms with Crippen molar-refractivity contribution in [1.29, 1.82) is 0 Å². The van der Waals surface area contributed by atoms with Crippen LogP contribution in [0.4, 0.5) is 5.69 Å². The summed E-state index contributed by atoms with van der Waals surface area (Å²) >= 11 is 2.86. The zero-order valence-electron chi connectivity index (χ0n) is 9.34. The number of nitrogens with one attached hydrogen (secondary N) is 1. The summed E-state index contributed by atoms with van der Waals surface area (Å²) in [6, 6.07) is 5.46. The molecule has 8 heteroatoms. The highest BCUT2D eigenvalue weighted by molar-refractivity contribution is 9.10. The maximum Gasteiger partial charge on any atom is 0.320 e. The topological polar surface area (TPSA) is 109 Å². The van der Waals surface area contributed by atoms with E-state index in [-0.39, 0.29) is 11.1 Å². The number of sulfonamides is 1. The average Bonchev–Trinajstić information content (AvgIpc) is 2.28. The number of benzene rings is 1. The SMILES string of the molecule is N[C@@H](Cc1cccc(NS(=O)(=O)CBr)c1)C(=O)O. The van der Waals surface area contributed by atoms with Gasteiger partial charge in [-0.25, -0.2) is 8.42 Å². The molecule has 100 valence electrons. The number of nitrogens with two attached hydrogens (primary N) is 1. The van der Waals surface area contributed by atoms with Crippen molar-refractivity contribution in [2.75, 3.05) is 9.38 Å². The van der Waals surface area contributed by atoms with Crippen LogP contribution in [0.15, 0.2) is 24.3 Å². The zero-order valence-corrected chi connectivity index (χ0v) is 11.7. The van der Waals surface area contributed by atoms with Crippen LogP contribution in [0.25, 0.3) is 0 Å². The Labute approximate surface area is 113 Å². The van der Waals surface area contributed by atoms with Crippen LogP contribution in [0.5, 0.6) is 0 Å². The van der Waals surface area contributed by atoms with Crippen molar-refractivity contribution in [3.63, 3.8) is 0 Å². The van der Waals surface area contributed by atoms with E-state index in [2.05, 4.69) is 20.7 Å². The molecule has 0 spiro atoms. The highest BCUT2D eigenvalue weighted by atomic mass is 79.9. The first kappa shape index (κ1) is 14.9. The van der Waals surface area contributed by atoms with Gasteiger partial charge in [-0.2, -0.15) is 0 Å². The minimum absolute atomic E-state index is 0.138. The minimum atomic E-state index is -3.42. The molecule has 0 saturated carbocycles. The molecule has 0 unspecified atom stereocenters. The summed E-state index contributed by atoms with van der Waals surface area (Å²) in [7, 11) is -3.42. The van der Waals surface area contributed by atoms with Crippen LogP contribution in [-0.2, 0) is 21.2 Å². The molecule has 0 radical (unpaired) electrons. The lowest BCUT2D eigenvalue weighted by Crippen LogP contribution is -2.32. The summed E-state index contributed by atoms with van der Waals surface area (Å²) in [4.78, 5) is 10.6. The lowest BCUT2D eigenvalue weighted by Gasteiger charge is -2.09. The zero-order chi connectivity index (χ0) is 13.8. The fourth-order valence-corrected chi connectivity index (χ4v) is 2.19. The van der Waals surface area contributed by atoms with Gasteiger partial charge in [-0.15, -0.1) is 0 Å². The predicted molar refractivity (Wildman–Crippen MR) is 72.1 cm³/mol. The first-order chi connectivity index (χ1) is 8.34. The van der Waals surface area contributed by atoms with E-state index in [4.69, 9.17) is 10.8 Å². The summed E-state index contributed by atoms with van der Waals surface area (Å²) in [5, 5.41) is 8.69. The van der Waals surface area contributed by atoms with E-state index in [1.807, 2.05) is 0 Å². The van der Waals surface area contributed by atoms with E-state index < -0.39 is 22.0 Å². The number of hydrogen-bond donors (Lipinski definition) is 3. The Kier molecular flexibility index (Phi) is 5.12. The Bertz CT molecular complexity index is 532. The van der Waals surface area contributed by atoms with E-state index >= 15 is 0 Å². The highest BCUT2D eigenvalue weighted by Crippen LogP contribution is 2.14. The van der Waals surface area contributed by atoms with Gasteiger partial charge in [0.25, 0.3) is 0 Å². The molecule has 1 aromatic rings. The molecule has 18 heavy (non-hydrogen) atoms. The number of hydrogen-bond acceptors (Lipinski definition) is 4. The number of carboxylic acid groups (broad SMARTS) is 1. The Morgan fingerprint density at radius 2 is 2.17 bits per heavy atom. The first-order valence-electron chi connectivity index (χ1n) is 4.98. The van der Waals surface area contributed by atoms with Crippen molar-refractivity contribution in [2.45, 2.75) is 12.5 Å². The molecule has 0 aliphatic rings. The molecule has 0 aromatic heterocycles. The molecule has 4 N–H and O–H groups in total. The fourth-order valence-electron chi connectivity index (χ4n) is 1.31. The number of carbonyl (C=O) groups is 1. The van der Waals surface area contributed by atoms with E-state index in [0.29, 0.717) is 11.3 Å². The number of anilines is 1. The number of aliphatic carboxylic acids is 1. The van der Waals surface area contributed by atoms with Crippen molar-refractivity contribution < 1.29 is 18.3 Å². The van der Waals surface area contributed by atoms with Crippen molar-refractivity contribution in [3.8, 4) is 0 Å². The second kappa shape index (κ2) is 6.17. The average molecular weight is 337 g/mol. The standard InChI is InChI=1S/C10H13BrN2O4S/c11-6-18(16,17)13-8-3-1-2-7(4-8)5-9(12)10(14)15/h1-4,9,13H,5-6,12H2,(H,14,15)/t9-/m0/s1. The minimum Gasteiger partial charge on any atom is -0.480 e. The maximum absolute atomic E-state index is 11.3. The summed E-state index contributed by atoms with van der Waals surface area (Å²) in [5.41, 5.74) is 6.44. The van der Waals surface area contributed by atoms with Crippen LogP contribution < -0.4 is 10.5 Å². The van der Waals surface area contributed by atoms with Crippen molar-refractivity contribution >= 4 is 37.6 Å². The highest BCUT2D eigenvalue weighted by Gasteiger charge is 2.13. The Hall–Kier alpha value is -1.12. The fraction of sp³-hybridized carbons (Fsp3) is 0.300. The monoisotopic (exact) mass is 336 g/mol. The van der Waals surface area contributed by atoms with Crippen LogP contribution >= 0.6 is 15.9 Å². The van der Waals surface area contributed by atoms with Crippen LogP contribution in [0.3, 0.4) is 0 Å². The third-order valence-electron chi connectivity index (χ3n) is 2.12. The molecule has 0 bridgehead atoms. The quantitative estimate of drug-likeness (QED) is 0.663. The maximum atomic E-state index is 11.3. The summed E-state index contributed by atoms with van der Waals surface area (Å²) in [5.74, 6) is -1.10. The normalized spacial score (nSPS) is 13.0. The summed E-state index contributed by atoms with van der Waals surface area (Å²) < 4.78 is 24.8. The number of alkyl halides is 1. The molecular formula is C10H13BrN2O4S. The molecule has 0 amide bonds. The van der Waals surface area contributed by atoms with Crippen LogP contribution in [-0.4, -0.2) is 30.2 Å². The van der Waals surface area contributed by atoms with Crippen LogP contribution in [0.1, 0.15) is 5.56 Å². The Balaban J connectivity index is 2.83. The molecule has 1 rings (SSSR count). The Morgan fingerprint density at radius 1 is 1.50 bits per heavy atom. The second-order valence-electron chi connectivity index (χ2n) is 3.68. The third-order valence-corrected chi connectivity index (χ3v) is 4.76. The van der Waals surface area contributed by atoms with Gasteiger partial charge in [0.15, 0.2) is 0 Å². The van der Waals surface area contributed by atoms with Crippen molar-refractivity contribution in [1.82, 2.24) is 0 Å². The second-order valence-corrected chi connectivity index (χ2v) is 6.70. The molecule has 1 atom stereocenters. The molecule has 0 saturated heterocycles. The lowest BCUT2D eigenvalue weighted by atomic mass is 10.1. The van der Waals surface area contributed by atoms with Gasteiger partial charge >= 0.3 is 5.97 Å². The molecule has 0 aliphatic carbocycles. The molecule has 0 fully saturated rings. The van der Waals surface area contributed by atoms with Gasteiger partial charge in [-0.3, -0.25) is 9.52 Å². The molecular weight excluding hydrogens is 324 g/mol. The van der Waals surface area contributed by atoms with Crippen molar-refractivity contribution in [3.05, 3.63) is 29.8 Å². The van der Waals surface area contributed by atoms with Gasteiger partial charge in [0.1, 0.15) is 10.7 Å². The van der Waals surface area contributed by atoms with Gasteiger partial charge in [-0.1, -0.05) is 28.1 Å². The van der Waals surface area contributed by atoms with E-state index in [1.54, 1.807) is 24.3 Å². The number of halogens is 1. The summed E-state index contributed by atoms with van der Waals surface area (Å²) in [6.45, 7) is 0. The molecule has 1 aromatic carbocycles. The summed E-state index contributed by atoms with van der Waals surface area (Å²) in [6.07, 6.45) is 0.138. The first-order valence-corrected chi connectivity index (χ1v) is 7.75. The van der Waals surface area contributed by atoms with Gasteiger partial charge in [0.05, 0.1) is 0 Å². The third kappa shape index (κ3) is 4.63. The van der Waals surface area contributed by atoms with Gasteiger partial charge < -0.3 is 10.8 Å². The lowest BCUT2D eigenvalue weighted by molar-refractivity contribution is -0.138. The molecule has 6 nitrogen and oxygen atoms in total. The van der Waals surface area contributed by atoms with E-state index in [0.717, 1.165) is 0 Å². The smallest absolute Gasteiger partial charge is 0.320 e. The molecule has 0 heterocycles. The van der Waals surface area contributed by atoms with Crippen molar-refractivity contribution in [2.24, 2.45) is 5.73 Å². The van der Waals surface area contributed by atoms with E-state index in [9.17, 15) is 13.2 Å². The van der Waals surface area contributed by atoms with Gasteiger partial charge in [0, 0.05) is 5.69 Å². The van der Waals surface area contributed by atoms with Crippen LogP contribution in [0, 0.1) is 0 Å².